The van der Waals surface area contributed by atoms with Crippen LogP contribution in [0.15, 0.2) is 24.3 Å². The fourth-order valence-electron chi connectivity index (χ4n) is 12.8. The molecule has 544 valence electrons. The Morgan fingerprint density at radius 3 is 0.792 bits per heavy atom. The van der Waals surface area contributed by atoms with E-state index in [1.54, 1.807) is 0 Å². The first-order chi connectivity index (χ1) is 45.7. The molecule has 36 atom stereocenters. The number of rotatable bonds is 13. The number of fused-ring (bicyclic) bond motifs is 1. The number of carbonyl (C=O) groups is 4. The number of aliphatic hydroxyl groups excluding tert-OH is 20. The Morgan fingerprint density at radius 2 is 0.573 bits per heavy atom. The molecule has 23 rings (SSSR count). The van der Waals surface area contributed by atoms with Gasteiger partial charge in [-0.25, -0.2) is 4.79 Å². The molecule has 22 aliphatic heterocycles. The maximum atomic E-state index is 13.5. The van der Waals surface area contributed by atoms with Gasteiger partial charge in [0.2, 0.25) is 0 Å². The van der Waals surface area contributed by atoms with Crippen molar-refractivity contribution < 1.29 is 197 Å². The van der Waals surface area contributed by atoms with Crippen LogP contribution in [-0.4, -0.2) is 403 Å². The third kappa shape index (κ3) is 14.6. The predicted octanol–water partition coefficient (Wildman–Crippen LogP) is -14.2. The zero-order valence-corrected chi connectivity index (χ0v) is 50.1. The molecular formula is C55H79NO40. The second-order valence-electron chi connectivity index (χ2n) is 24.1. The summed E-state index contributed by atoms with van der Waals surface area (Å²) in [6.07, 6.45) is -75.9. The number of nitrogens with zero attached hydrogens (tertiary/aromatic N) is 1. The van der Waals surface area contributed by atoms with Crippen LogP contribution in [0.5, 0.6) is 0 Å². The fraction of sp³-hybridized carbons (Fsp3) is 0.818. The first kappa shape index (κ1) is 74.6. The number of carboxylic acid groups (broad SMARTS) is 1. The zero-order chi connectivity index (χ0) is 69.6. The van der Waals surface area contributed by atoms with E-state index in [2.05, 4.69) is 0 Å². The summed E-state index contributed by atoms with van der Waals surface area (Å²) in [6.45, 7) is -7.84. The smallest absolute Gasteiger partial charge is 0.326 e. The number of carbonyl (C=O) groups excluding carboxylic acids is 3. The van der Waals surface area contributed by atoms with E-state index in [-0.39, 0.29) is 11.1 Å². The first-order valence-electron chi connectivity index (χ1n) is 30.4. The Morgan fingerprint density at radius 1 is 0.354 bits per heavy atom. The molecule has 22 heterocycles. The molecule has 41 heteroatoms. The van der Waals surface area contributed by atoms with Gasteiger partial charge in [0.15, 0.2) is 44.0 Å². The lowest BCUT2D eigenvalue weighted by Crippen LogP contribution is -2.68. The molecule has 21 saturated heterocycles. The van der Waals surface area contributed by atoms with Gasteiger partial charge in [0.25, 0.3) is 11.8 Å². The Kier molecular flexibility index (Phi) is 24.4. The average Bonchev–Trinajstić information content (AvgIpc) is 1.49. The van der Waals surface area contributed by atoms with Crippen molar-refractivity contribution in [3.63, 3.8) is 0 Å². The molecule has 0 unspecified atom stereocenters. The third-order valence-corrected chi connectivity index (χ3v) is 18.1. The van der Waals surface area contributed by atoms with Crippen molar-refractivity contribution >= 4 is 23.8 Å². The number of hydrogen-bond acceptors (Lipinski definition) is 39. The van der Waals surface area contributed by atoms with E-state index in [4.69, 9.17) is 71.1 Å². The third-order valence-electron chi connectivity index (χ3n) is 18.1. The number of benzene rings is 1. The van der Waals surface area contributed by atoms with Crippen LogP contribution in [-0.2, 0) is 80.6 Å². The molecule has 22 aliphatic rings. The summed E-state index contributed by atoms with van der Waals surface area (Å²) in [4.78, 5) is 52.9. The Hall–Kier alpha value is -4.06. The van der Waals surface area contributed by atoms with Crippen LogP contribution in [0.25, 0.3) is 0 Å². The highest BCUT2D eigenvalue weighted by atomic mass is 16.8. The molecule has 96 heavy (non-hydrogen) atoms. The summed E-state index contributed by atoms with van der Waals surface area (Å²) in [5, 5.41) is 234. The standard InChI is InChI=1S/C55H79NO40/c57-7-17-39-26(65)33(72)50(84-17)92-41-19(9-59)86-52(35(74)28(41)67)94-43-21(11-61)88-54(37(76)30(43)69)96-45-23(13-82-24(63)6-5-16(48(80)81)56-46(78)14-3-1-2-4-15(14)47(56)79)89-55(38(77)31(45)70)95-44-22(12-62)87-53(36(75)29(44)68)93-42-20(10-60)85-51(34(73)27(42)66)91-40-18(8-58)83-49(90-39)32(71)25(40)64/h1-4,16-23,25-45,49-55,57-62,64-77H,5-13H2,(H,80,81)/t16-,17+,18+,19+,20+,21+,22+,23+,25+,26+,27+,28+,29+,30+,31+,32+,33+,34+,35+,36+,37+,38+,39+,40+,41+,42+,43+,44+,45+,49+,50+,51+,52+,53+,54+,55+/m0/s1. The number of esters is 1. The van der Waals surface area contributed by atoms with E-state index in [9.17, 15) is 126 Å². The number of imide groups is 1. The topological polar surface area (TPSA) is 635 Å². The summed E-state index contributed by atoms with van der Waals surface area (Å²) in [7, 11) is 0. The number of aliphatic hydroxyl groups is 20. The second-order valence-corrected chi connectivity index (χ2v) is 24.1. The number of hydrogen-bond donors (Lipinski definition) is 21. The van der Waals surface area contributed by atoms with Gasteiger partial charge in [0, 0.05) is 6.42 Å². The van der Waals surface area contributed by atoms with Gasteiger partial charge in [-0.3, -0.25) is 19.3 Å². The van der Waals surface area contributed by atoms with Crippen molar-refractivity contribution in [3.05, 3.63) is 35.4 Å². The fourth-order valence-corrected chi connectivity index (χ4v) is 12.8. The first-order valence-corrected chi connectivity index (χ1v) is 30.4. The van der Waals surface area contributed by atoms with Gasteiger partial charge < -0.3 is 178 Å². The van der Waals surface area contributed by atoms with Crippen molar-refractivity contribution in [1.29, 1.82) is 0 Å². The molecule has 21 N–H and O–H groups in total. The van der Waals surface area contributed by atoms with Crippen molar-refractivity contribution in [2.75, 3.05) is 46.2 Å². The summed E-state index contributed by atoms with van der Waals surface area (Å²) in [5.41, 5.74) is -0.219. The van der Waals surface area contributed by atoms with E-state index in [0.29, 0.717) is 4.90 Å². The van der Waals surface area contributed by atoms with Crippen LogP contribution in [0, 0.1) is 0 Å². The molecule has 0 radical (unpaired) electrons. The highest BCUT2D eigenvalue weighted by Crippen LogP contribution is 2.40. The molecule has 2 amide bonds. The van der Waals surface area contributed by atoms with Crippen LogP contribution in [0.1, 0.15) is 33.6 Å². The molecule has 1 aromatic carbocycles. The summed E-state index contributed by atoms with van der Waals surface area (Å²) < 4.78 is 86.0. The Bertz CT molecular complexity index is 2730. The SMILES string of the molecule is O=C(CC[C@@H](C(=O)O)N1C(=O)c2ccccc2C1=O)OC[C@H]1O[C@@H]2O[C@H]3[C@H](O)[C@@H](O)[C@@H](O[C@H]4[C@H](O)[C@@H](O)[C@@H](O[C@H]5[C@H](O)[C@@H](O)[C@@H](O[C@H]6[C@H](O)[C@@H](O)[C@@H](O[C@H]7[C@H](O)[C@@H](O)[C@@H](O[C@H]8[C@H](O)[C@@H](O)[C@@H](O[C@H]1[C@H](O)[C@H]2O)O[C@@H]8CO)O[C@@H]7CO)O[C@@H]6CO)O[C@@H]5CO)O[C@@H]4CO)O[C@@H]3CO. The molecule has 0 aromatic heterocycles. The molecule has 0 saturated carbocycles. The highest BCUT2D eigenvalue weighted by molar-refractivity contribution is 6.22. The van der Waals surface area contributed by atoms with Crippen molar-refractivity contribution in [1.82, 2.24) is 4.90 Å². The van der Waals surface area contributed by atoms with Crippen LogP contribution in [0.3, 0.4) is 0 Å². The minimum Gasteiger partial charge on any atom is -0.480 e. The number of ether oxygens (including phenoxy) is 15. The van der Waals surface area contributed by atoms with Crippen LogP contribution < -0.4 is 0 Å². The minimum absolute atomic E-state index is 0.110. The Labute approximate surface area is 540 Å². The van der Waals surface area contributed by atoms with Crippen LogP contribution in [0.2, 0.25) is 0 Å². The maximum Gasteiger partial charge on any atom is 0.326 e. The molecular weight excluding hydrogens is 1310 g/mol. The number of carboxylic acids is 1. The van der Waals surface area contributed by atoms with E-state index in [0.717, 1.165) is 0 Å². The normalized spacial score (nSPS) is 47.6. The largest absolute Gasteiger partial charge is 0.480 e. The van der Waals surface area contributed by atoms with Gasteiger partial charge in [0.1, 0.15) is 184 Å². The van der Waals surface area contributed by atoms with Crippen LogP contribution >= 0.6 is 0 Å². The van der Waals surface area contributed by atoms with Gasteiger partial charge >= 0.3 is 11.9 Å². The van der Waals surface area contributed by atoms with Crippen molar-refractivity contribution in [2.24, 2.45) is 0 Å². The van der Waals surface area contributed by atoms with Crippen molar-refractivity contribution in [3.8, 4) is 0 Å². The summed E-state index contributed by atoms with van der Waals surface area (Å²) in [6, 6.07) is 3.50. The molecule has 1 aromatic rings. The van der Waals surface area contributed by atoms with E-state index < -0.39 is 304 Å². The maximum absolute atomic E-state index is 13.5. The lowest BCUT2D eigenvalue weighted by Gasteiger charge is -2.50. The summed E-state index contributed by atoms with van der Waals surface area (Å²) in [5.74, 6) is -4.93. The van der Waals surface area contributed by atoms with Gasteiger partial charge in [-0.15, -0.1) is 0 Å². The molecule has 0 aliphatic carbocycles. The van der Waals surface area contributed by atoms with Gasteiger partial charge in [-0.05, 0) is 18.6 Å². The van der Waals surface area contributed by atoms with Gasteiger partial charge in [0.05, 0.1) is 50.8 Å². The molecule has 41 nitrogen and oxygen atoms in total. The highest BCUT2D eigenvalue weighted by Gasteiger charge is 2.60. The number of amides is 2. The Balaban J connectivity index is 0.930. The quantitative estimate of drug-likeness (QED) is 0.0644. The van der Waals surface area contributed by atoms with E-state index >= 15 is 0 Å². The summed E-state index contributed by atoms with van der Waals surface area (Å²) >= 11 is 0. The van der Waals surface area contributed by atoms with E-state index in [1.807, 2.05) is 0 Å². The van der Waals surface area contributed by atoms with Gasteiger partial charge in [-0.2, -0.15) is 0 Å². The average molecular weight is 1390 g/mol. The predicted molar refractivity (Wildman–Crippen MR) is 290 cm³/mol. The van der Waals surface area contributed by atoms with E-state index in [1.165, 1.54) is 24.3 Å². The van der Waals surface area contributed by atoms with Gasteiger partial charge in [-0.1, -0.05) is 12.1 Å². The molecule has 14 bridgehead atoms. The minimum atomic E-state index is -2.41. The molecule has 21 fully saturated rings. The monoisotopic (exact) mass is 1390 g/mol. The lowest BCUT2D eigenvalue weighted by atomic mass is 9.95. The zero-order valence-electron chi connectivity index (χ0n) is 50.1. The van der Waals surface area contributed by atoms with Crippen LogP contribution in [0.4, 0.5) is 0 Å². The van der Waals surface area contributed by atoms with Crippen molar-refractivity contribution in [2.45, 2.75) is 234 Å². The second kappa shape index (κ2) is 31.4. The number of aliphatic carboxylic acids is 1. The lowest BCUT2D eigenvalue weighted by molar-refractivity contribution is -0.396. The molecule has 0 spiro atoms.